The minimum absolute atomic E-state index is 0.00696. The van der Waals surface area contributed by atoms with E-state index in [1.165, 1.54) is 12.3 Å². The van der Waals surface area contributed by atoms with Crippen LogP contribution in [0.5, 0.6) is 5.88 Å². The maximum atomic E-state index is 14.1. The maximum absolute atomic E-state index is 14.1. The van der Waals surface area contributed by atoms with Gasteiger partial charge >= 0.3 is 0 Å². The number of anilines is 3. The molecular formula is C20H25FN6O2. The quantitative estimate of drug-likeness (QED) is 0.597. The molecule has 0 spiro atoms. The highest BCUT2D eigenvalue weighted by Gasteiger charge is 2.14. The summed E-state index contributed by atoms with van der Waals surface area (Å²) < 4.78 is 26.4. The van der Waals surface area contributed by atoms with Gasteiger partial charge in [-0.25, -0.2) is 14.4 Å². The molecule has 3 aromatic rings. The fraction of sp³-hybridized carbons (Fsp3) is 0.450. The predicted octanol–water partition coefficient (Wildman–Crippen LogP) is 3.63. The SMILES string of the molecule is CCOc1ncc(Nc2cc(NCCC3CCOCC3)nc3ccnn23)cc1F. The second-order valence-corrected chi connectivity index (χ2v) is 6.97. The Bertz CT molecular complexity index is 957. The lowest BCUT2D eigenvalue weighted by atomic mass is 9.97. The molecule has 0 radical (unpaired) electrons. The van der Waals surface area contributed by atoms with Crippen molar-refractivity contribution in [3.05, 3.63) is 36.4 Å². The van der Waals surface area contributed by atoms with Crippen LogP contribution in [-0.4, -0.2) is 45.9 Å². The van der Waals surface area contributed by atoms with E-state index in [1.54, 1.807) is 17.6 Å². The van der Waals surface area contributed by atoms with E-state index in [0.717, 1.165) is 44.8 Å². The Morgan fingerprint density at radius 2 is 2.17 bits per heavy atom. The summed E-state index contributed by atoms with van der Waals surface area (Å²) in [7, 11) is 0. The molecule has 0 aromatic carbocycles. The van der Waals surface area contributed by atoms with Crippen molar-refractivity contribution in [3.8, 4) is 5.88 Å². The number of aromatic nitrogens is 4. The van der Waals surface area contributed by atoms with Gasteiger partial charge < -0.3 is 20.1 Å². The lowest BCUT2D eigenvalue weighted by Crippen LogP contribution is -2.18. The third-order valence-electron chi connectivity index (χ3n) is 4.92. The summed E-state index contributed by atoms with van der Waals surface area (Å²) in [5.41, 5.74) is 1.20. The lowest BCUT2D eigenvalue weighted by molar-refractivity contribution is 0.0649. The van der Waals surface area contributed by atoms with Crippen molar-refractivity contribution in [1.82, 2.24) is 19.6 Å². The topological polar surface area (TPSA) is 85.6 Å². The fourth-order valence-electron chi connectivity index (χ4n) is 3.42. The Morgan fingerprint density at radius 3 is 2.97 bits per heavy atom. The Morgan fingerprint density at radius 1 is 1.31 bits per heavy atom. The van der Waals surface area contributed by atoms with Crippen LogP contribution >= 0.6 is 0 Å². The molecule has 154 valence electrons. The van der Waals surface area contributed by atoms with Crippen molar-refractivity contribution >= 4 is 23.0 Å². The van der Waals surface area contributed by atoms with Gasteiger partial charge in [-0.15, -0.1) is 0 Å². The first-order valence-electron chi connectivity index (χ1n) is 9.94. The number of fused-ring (bicyclic) bond motifs is 1. The monoisotopic (exact) mass is 400 g/mol. The van der Waals surface area contributed by atoms with Crippen LogP contribution in [0, 0.1) is 11.7 Å². The first-order valence-corrected chi connectivity index (χ1v) is 9.94. The molecule has 0 unspecified atom stereocenters. The summed E-state index contributed by atoms with van der Waals surface area (Å²) in [5.74, 6) is 1.57. The summed E-state index contributed by atoms with van der Waals surface area (Å²) in [4.78, 5) is 8.62. The molecule has 29 heavy (non-hydrogen) atoms. The number of hydrogen-bond acceptors (Lipinski definition) is 7. The van der Waals surface area contributed by atoms with Crippen molar-refractivity contribution < 1.29 is 13.9 Å². The molecule has 1 fully saturated rings. The van der Waals surface area contributed by atoms with E-state index in [9.17, 15) is 4.39 Å². The third kappa shape index (κ3) is 4.73. The largest absolute Gasteiger partial charge is 0.476 e. The average Bonchev–Trinajstić information content (AvgIpc) is 3.20. The first kappa shape index (κ1) is 19.4. The zero-order valence-corrected chi connectivity index (χ0v) is 16.4. The van der Waals surface area contributed by atoms with E-state index in [1.807, 2.05) is 12.1 Å². The molecule has 9 heteroatoms. The zero-order valence-electron chi connectivity index (χ0n) is 16.4. The minimum atomic E-state index is -0.516. The van der Waals surface area contributed by atoms with E-state index < -0.39 is 5.82 Å². The summed E-state index contributed by atoms with van der Waals surface area (Å²) >= 11 is 0. The minimum Gasteiger partial charge on any atom is -0.476 e. The summed E-state index contributed by atoms with van der Waals surface area (Å²) in [6.45, 7) is 4.69. The normalized spacial score (nSPS) is 14.8. The van der Waals surface area contributed by atoms with Gasteiger partial charge in [0.25, 0.3) is 0 Å². The van der Waals surface area contributed by atoms with Crippen molar-refractivity contribution in [1.29, 1.82) is 0 Å². The van der Waals surface area contributed by atoms with E-state index in [2.05, 4.69) is 25.7 Å². The summed E-state index contributed by atoms with van der Waals surface area (Å²) in [5, 5.41) is 10.9. The van der Waals surface area contributed by atoms with E-state index in [0.29, 0.717) is 29.7 Å². The van der Waals surface area contributed by atoms with Gasteiger partial charge in [-0.1, -0.05) is 0 Å². The lowest BCUT2D eigenvalue weighted by Gasteiger charge is -2.22. The molecule has 0 bridgehead atoms. The Balaban J connectivity index is 1.48. The van der Waals surface area contributed by atoms with E-state index >= 15 is 0 Å². The molecule has 0 aliphatic carbocycles. The van der Waals surface area contributed by atoms with Crippen molar-refractivity contribution in [2.75, 3.05) is 37.0 Å². The zero-order chi connectivity index (χ0) is 20.1. The van der Waals surface area contributed by atoms with Crippen LogP contribution in [0.2, 0.25) is 0 Å². The van der Waals surface area contributed by atoms with Crippen LogP contribution in [0.4, 0.5) is 21.7 Å². The van der Waals surface area contributed by atoms with Gasteiger partial charge in [-0.2, -0.15) is 9.61 Å². The molecule has 0 saturated carbocycles. The highest BCUT2D eigenvalue weighted by atomic mass is 19.1. The number of nitrogens with zero attached hydrogens (tertiary/aromatic N) is 4. The predicted molar refractivity (Wildman–Crippen MR) is 108 cm³/mol. The van der Waals surface area contributed by atoms with Gasteiger partial charge in [0.05, 0.1) is 24.7 Å². The highest BCUT2D eigenvalue weighted by molar-refractivity contribution is 5.63. The molecule has 1 aliphatic heterocycles. The molecule has 1 aliphatic rings. The Kier molecular flexibility index (Phi) is 6.04. The molecule has 0 amide bonds. The Hall–Kier alpha value is -2.94. The maximum Gasteiger partial charge on any atom is 0.250 e. The number of halogens is 1. The molecule has 8 nitrogen and oxygen atoms in total. The molecule has 2 N–H and O–H groups in total. The Labute approximate surface area is 168 Å². The van der Waals surface area contributed by atoms with Crippen LogP contribution in [0.1, 0.15) is 26.2 Å². The summed E-state index contributed by atoms with van der Waals surface area (Å²) in [6, 6.07) is 5.04. The van der Waals surface area contributed by atoms with E-state index in [4.69, 9.17) is 9.47 Å². The third-order valence-corrected chi connectivity index (χ3v) is 4.92. The molecule has 4 rings (SSSR count). The van der Waals surface area contributed by atoms with Crippen LogP contribution in [-0.2, 0) is 4.74 Å². The second-order valence-electron chi connectivity index (χ2n) is 6.97. The number of ether oxygens (including phenoxy) is 2. The van der Waals surface area contributed by atoms with Crippen LogP contribution in [0.3, 0.4) is 0 Å². The number of hydrogen-bond donors (Lipinski definition) is 2. The van der Waals surface area contributed by atoms with Crippen LogP contribution in [0.15, 0.2) is 30.6 Å². The van der Waals surface area contributed by atoms with Gasteiger partial charge in [0, 0.05) is 38.0 Å². The van der Waals surface area contributed by atoms with Gasteiger partial charge in [-0.3, -0.25) is 0 Å². The smallest absolute Gasteiger partial charge is 0.250 e. The van der Waals surface area contributed by atoms with Gasteiger partial charge in [-0.05, 0) is 32.1 Å². The molecule has 4 heterocycles. The molecule has 0 atom stereocenters. The first-order chi connectivity index (χ1) is 14.2. The molecule has 3 aromatic heterocycles. The summed E-state index contributed by atoms with van der Waals surface area (Å²) in [6.07, 6.45) is 6.50. The highest BCUT2D eigenvalue weighted by Crippen LogP contribution is 2.24. The van der Waals surface area contributed by atoms with Crippen molar-refractivity contribution in [2.24, 2.45) is 5.92 Å². The number of pyridine rings is 1. The molecule has 1 saturated heterocycles. The average molecular weight is 400 g/mol. The van der Waals surface area contributed by atoms with Gasteiger partial charge in [0.1, 0.15) is 11.6 Å². The van der Waals surface area contributed by atoms with Crippen molar-refractivity contribution in [2.45, 2.75) is 26.2 Å². The number of rotatable bonds is 8. The van der Waals surface area contributed by atoms with Gasteiger partial charge in [0.15, 0.2) is 11.5 Å². The molecular weight excluding hydrogens is 375 g/mol. The standard InChI is InChI=1S/C20H25FN6O2/c1-2-29-20-16(21)11-15(13-23-20)25-19-12-17(26-18-4-8-24-27(18)19)22-7-3-14-5-9-28-10-6-14/h4,8,11-14,25H,2-3,5-7,9-10H2,1H3,(H,22,26). The van der Waals surface area contributed by atoms with E-state index in [-0.39, 0.29) is 5.88 Å². The second kappa shape index (κ2) is 9.04. The van der Waals surface area contributed by atoms with Crippen molar-refractivity contribution in [3.63, 3.8) is 0 Å². The van der Waals surface area contributed by atoms with Crippen LogP contribution < -0.4 is 15.4 Å². The van der Waals surface area contributed by atoms with Crippen LogP contribution in [0.25, 0.3) is 5.65 Å². The fourth-order valence-corrected chi connectivity index (χ4v) is 3.42. The number of nitrogens with one attached hydrogen (secondary N) is 2. The van der Waals surface area contributed by atoms with Gasteiger partial charge in [0.2, 0.25) is 5.88 Å².